The van der Waals surface area contributed by atoms with Crippen molar-refractivity contribution < 1.29 is 13.2 Å². The lowest BCUT2D eigenvalue weighted by Gasteiger charge is -2.18. The first-order valence-electron chi connectivity index (χ1n) is 5.59. The summed E-state index contributed by atoms with van der Waals surface area (Å²) < 4.78 is 22.4. The lowest BCUT2D eigenvalue weighted by atomic mass is 10.0. The number of hydrogen-bond acceptors (Lipinski definition) is 4. The predicted molar refractivity (Wildman–Crippen MR) is 62.7 cm³/mol. The zero-order chi connectivity index (χ0) is 12.2. The molecule has 6 heteroatoms. The van der Waals surface area contributed by atoms with E-state index in [9.17, 15) is 13.2 Å². The number of nitrogens with zero attached hydrogens (tertiary/aromatic N) is 1. The van der Waals surface area contributed by atoms with E-state index < -0.39 is 9.84 Å². The normalized spacial score (nSPS) is 23.2. The van der Waals surface area contributed by atoms with E-state index in [4.69, 9.17) is 5.73 Å². The van der Waals surface area contributed by atoms with Gasteiger partial charge < -0.3 is 10.6 Å². The van der Waals surface area contributed by atoms with Crippen LogP contribution >= 0.6 is 0 Å². The van der Waals surface area contributed by atoms with Crippen LogP contribution in [0.1, 0.15) is 19.3 Å². The number of nitrogens with two attached hydrogens (primary N) is 1. The molecule has 0 aliphatic carbocycles. The summed E-state index contributed by atoms with van der Waals surface area (Å²) in [5, 5.41) is 0. The zero-order valence-electron chi connectivity index (χ0n) is 9.68. The van der Waals surface area contributed by atoms with Crippen LogP contribution in [0.3, 0.4) is 0 Å². The molecule has 1 saturated heterocycles. The van der Waals surface area contributed by atoms with Crippen LogP contribution in [-0.2, 0) is 14.6 Å². The van der Waals surface area contributed by atoms with E-state index in [1.165, 1.54) is 0 Å². The molecular weight excluding hydrogens is 228 g/mol. The monoisotopic (exact) mass is 248 g/mol. The quantitative estimate of drug-likeness (QED) is 0.719. The smallest absolute Gasteiger partial charge is 0.222 e. The molecule has 1 unspecified atom stereocenters. The minimum absolute atomic E-state index is 0.0119. The van der Waals surface area contributed by atoms with Crippen molar-refractivity contribution in [3.8, 4) is 0 Å². The molecule has 1 aliphatic heterocycles. The fourth-order valence-electron chi connectivity index (χ4n) is 1.89. The Morgan fingerprint density at radius 1 is 1.50 bits per heavy atom. The van der Waals surface area contributed by atoms with Crippen molar-refractivity contribution in [1.29, 1.82) is 0 Å². The Morgan fingerprint density at radius 2 is 2.19 bits per heavy atom. The Kier molecular flexibility index (Phi) is 4.73. The highest BCUT2D eigenvalue weighted by Crippen LogP contribution is 2.22. The standard InChI is InChI=1S/C10H20N2O3S/c1-12(5-2-4-11)10(13)7-9-3-6-16(14,15)8-9/h9H,2-8,11H2,1H3. The molecule has 16 heavy (non-hydrogen) atoms. The second kappa shape index (κ2) is 5.63. The van der Waals surface area contributed by atoms with Crippen LogP contribution in [0.15, 0.2) is 0 Å². The highest BCUT2D eigenvalue weighted by molar-refractivity contribution is 7.91. The summed E-state index contributed by atoms with van der Waals surface area (Å²) in [5.41, 5.74) is 5.36. The van der Waals surface area contributed by atoms with Crippen LogP contribution in [-0.4, -0.2) is 50.9 Å². The third-order valence-corrected chi connectivity index (χ3v) is 4.75. The van der Waals surface area contributed by atoms with Crippen molar-refractivity contribution in [3.63, 3.8) is 0 Å². The second-order valence-corrected chi connectivity index (χ2v) is 6.66. The van der Waals surface area contributed by atoms with Gasteiger partial charge in [-0.05, 0) is 25.3 Å². The average Bonchev–Trinajstić information content (AvgIpc) is 2.54. The van der Waals surface area contributed by atoms with Crippen molar-refractivity contribution in [1.82, 2.24) is 4.90 Å². The molecule has 1 aliphatic rings. The summed E-state index contributed by atoms with van der Waals surface area (Å²) in [6.45, 7) is 1.21. The van der Waals surface area contributed by atoms with Crippen LogP contribution < -0.4 is 5.73 Å². The number of amides is 1. The molecule has 1 atom stereocenters. The largest absolute Gasteiger partial charge is 0.346 e. The van der Waals surface area contributed by atoms with Crippen molar-refractivity contribution in [2.75, 3.05) is 31.6 Å². The van der Waals surface area contributed by atoms with E-state index >= 15 is 0 Å². The highest BCUT2D eigenvalue weighted by Gasteiger charge is 2.29. The minimum Gasteiger partial charge on any atom is -0.346 e. The van der Waals surface area contributed by atoms with Crippen molar-refractivity contribution >= 4 is 15.7 Å². The molecule has 0 aromatic rings. The van der Waals surface area contributed by atoms with Gasteiger partial charge in [0, 0.05) is 20.0 Å². The molecule has 1 heterocycles. The molecule has 0 aromatic heterocycles. The van der Waals surface area contributed by atoms with Gasteiger partial charge in [-0.25, -0.2) is 8.42 Å². The van der Waals surface area contributed by atoms with E-state index in [0.717, 1.165) is 6.42 Å². The van der Waals surface area contributed by atoms with E-state index in [2.05, 4.69) is 0 Å². The van der Waals surface area contributed by atoms with Crippen molar-refractivity contribution in [3.05, 3.63) is 0 Å². The molecule has 0 spiro atoms. The maximum absolute atomic E-state index is 11.7. The summed E-state index contributed by atoms with van der Waals surface area (Å²) in [7, 11) is -1.14. The maximum Gasteiger partial charge on any atom is 0.222 e. The zero-order valence-corrected chi connectivity index (χ0v) is 10.5. The summed E-state index contributed by atoms with van der Waals surface area (Å²) in [5.74, 6) is 0.439. The number of sulfone groups is 1. The minimum atomic E-state index is -2.87. The molecule has 0 radical (unpaired) electrons. The molecular formula is C10H20N2O3S. The molecule has 2 N–H and O–H groups in total. The lowest BCUT2D eigenvalue weighted by molar-refractivity contribution is -0.130. The fraction of sp³-hybridized carbons (Fsp3) is 0.900. The summed E-state index contributed by atoms with van der Waals surface area (Å²) >= 11 is 0. The first kappa shape index (κ1) is 13.4. The van der Waals surface area contributed by atoms with Gasteiger partial charge in [-0.3, -0.25) is 4.79 Å². The molecule has 1 rings (SSSR count). The Labute approximate surface area is 96.9 Å². The van der Waals surface area contributed by atoms with Crippen LogP contribution in [0.4, 0.5) is 0 Å². The molecule has 0 aromatic carbocycles. The van der Waals surface area contributed by atoms with Gasteiger partial charge in [0.2, 0.25) is 5.91 Å². The maximum atomic E-state index is 11.7. The van der Waals surface area contributed by atoms with Gasteiger partial charge in [0.25, 0.3) is 0 Å². The van der Waals surface area contributed by atoms with Gasteiger partial charge in [-0.2, -0.15) is 0 Å². The van der Waals surface area contributed by atoms with Crippen LogP contribution in [0.25, 0.3) is 0 Å². The van der Waals surface area contributed by atoms with Crippen molar-refractivity contribution in [2.45, 2.75) is 19.3 Å². The van der Waals surface area contributed by atoms with Gasteiger partial charge in [-0.15, -0.1) is 0 Å². The van der Waals surface area contributed by atoms with E-state index in [0.29, 0.717) is 25.9 Å². The molecule has 0 saturated carbocycles. The third-order valence-electron chi connectivity index (χ3n) is 2.91. The number of carbonyl (C=O) groups is 1. The number of hydrogen-bond donors (Lipinski definition) is 1. The van der Waals surface area contributed by atoms with Crippen LogP contribution in [0, 0.1) is 5.92 Å². The topological polar surface area (TPSA) is 80.5 Å². The van der Waals surface area contributed by atoms with Crippen LogP contribution in [0.5, 0.6) is 0 Å². The van der Waals surface area contributed by atoms with E-state index in [1.54, 1.807) is 11.9 Å². The number of carbonyl (C=O) groups excluding carboxylic acids is 1. The Balaban J connectivity index is 2.35. The van der Waals surface area contributed by atoms with E-state index in [-0.39, 0.29) is 23.3 Å². The summed E-state index contributed by atoms with van der Waals surface area (Å²) in [4.78, 5) is 13.3. The Bertz CT molecular complexity index is 340. The second-order valence-electron chi connectivity index (χ2n) is 4.43. The molecule has 94 valence electrons. The van der Waals surface area contributed by atoms with Gasteiger partial charge in [0.05, 0.1) is 11.5 Å². The SMILES string of the molecule is CN(CCCN)C(=O)CC1CCS(=O)(=O)C1. The first-order chi connectivity index (χ1) is 7.44. The predicted octanol–water partition coefficient (Wildman–Crippen LogP) is -0.382. The van der Waals surface area contributed by atoms with Crippen LogP contribution in [0.2, 0.25) is 0 Å². The number of rotatable bonds is 5. The summed E-state index contributed by atoms with van der Waals surface area (Å²) in [6.07, 6.45) is 1.75. The Morgan fingerprint density at radius 3 is 2.69 bits per heavy atom. The average molecular weight is 248 g/mol. The van der Waals surface area contributed by atoms with Gasteiger partial charge in [-0.1, -0.05) is 0 Å². The molecule has 5 nitrogen and oxygen atoms in total. The Hall–Kier alpha value is -0.620. The van der Waals surface area contributed by atoms with Gasteiger partial charge in [0.1, 0.15) is 0 Å². The summed E-state index contributed by atoms with van der Waals surface area (Å²) in [6, 6.07) is 0. The highest BCUT2D eigenvalue weighted by atomic mass is 32.2. The fourth-order valence-corrected chi connectivity index (χ4v) is 3.75. The lowest BCUT2D eigenvalue weighted by Crippen LogP contribution is -2.30. The first-order valence-corrected chi connectivity index (χ1v) is 7.41. The van der Waals surface area contributed by atoms with E-state index in [1.807, 2.05) is 0 Å². The molecule has 1 fully saturated rings. The molecule has 0 bridgehead atoms. The van der Waals surface area contributed by atoms with Crippen molar-refractivity contribution in [2.24, 2.45) is 11.7 Å². The van der Waals surface area contributed by atoms with Gasteiger partial charge in [0.15, 0.2) is 9.84 Å². The van der Waals surface area contributed by atoms with Gasteiger partial charge >= 0.3 is 0 Å². The molecule has 1 amide bonds. The third kappa shape index (κ3) is 4.09.